The van der Waals surface area contributed by atoms with E-state index in [1.54, 1.807) is 0 Å². The molecule has 2 aliphatic rings. The fraction of sp³-hybridized carbons (Fsp3) is 0. The minimum absolute atomic E-state index is 0.844. The van der Waals surface area contributed by atoms with Gasteiger partial charge in [-0.25, -0.2) is 92.2 Å². The number of benzene rings is 3. The molecule has 3 aromatic heterocycles. The molecule has 6 aromatic rings. The normalized spacial score (nSPS) is 12.1. The van der Waals surface area contributed by atoms with Gasteiger partial charge in [0.25, 0.3) is 35.7 Å². The van der Waals surface area contributed by atoms with E-state index in [1.807, 2.05) is 0 Å². The van der Waals surface area contributed by atoms with Gasteiger partial charge in [0.05, 0.1) is 66.8 Å². The second kappa shape index (κ2) is 23.0. The predicted octanol–water partition coefficient (Wildman–Crippen LogP) is 13.8. The van der Waals surface area contributed by atoms with Crippen molar-refractivity contribution in [3.63, 3.8) is 0 Å². The molecule has 2 aliphatic carbocycles. The molecule has 36 heteroatoms. The van der Waals surface area contributed by atoms with Crippen molar-refractivity contribution >= 4 is 33.4 Å². The molecule has 438 valence electrons. The van der Waals surface area contributed by atoms with E-state index in [2.05, 4.69) is 15.0 Å². The van der Waals surface area contributed by atoms with Crippen molar-refractivity contribution in [3.05, 3.63) is 225 Å². The van der Waals surface area contributed by atoms with Gasteiger partial charge >= 0.3 is 0 Å². The van der Waals surface area contributed by atoms with Crippen molar-refractivity contribution in [2.75, 3.05) is 0 Å². The van der Waals surface area contributed by atoms with Gasteiger partial charge in [-0.15, -0.1) is 0 Å². The second-order valence-electron chi connectivity index (χ2n) is 16.1. The second-order valence-corrected chi connectivity index (χ2v) is 16.1. The standard InChI is InChI=1S/C27F15N3.C24F12N6/c28-13-10(14(29)20(35)25(40)19(13)34)4(1-43)7-8(5(2-44)11-15(30)21(36)26(41)22(37)16(11)31)9(7)6(3-45)12-17(32)23(38)27(42)24(39)18(12)33;25-13-10(14(26)20(32)40-19(13)31)4(1-37)7-8(5(2-38)11-15(27)21(33)41-22(34)16(11)28)9(7)6(3-39)12-17(29)23(35)42-24(36)18(12)30. The number of rotatable bonds is 6. The highest BCUT2D eigenvalue weighted by Crippen LogP contribution is 2.59. The van der Waals surface area contributed by atoms with Crippen LogP contribution in [0.3, 0.4) is 0 Å². The van der Waals surface area contributed by atoms with E-state index in [0.717, 1.165) is 36.4 Å². The molecule has 0 N–H and O–H groups in total. The van der Waals surface area contributed by atoms with Crippen molar-refractivity contribution in [2.45, 2.75) is 0 Å². The highest BCUT2D eigenvalue weighted by molar-refractivity contribution is 6.13. The minimum Gasteiger partial charge on any atom is -0.203 e. The van der Waals surface area contributed by atoms with E-state index in [1.165, 1.54) is 0 Å². The smallest absolute Gasteiger partial charge is 0.203 e. The molecule has 8 rings (SSSR count). The zero-order valence-corrected chi connectivity index (χ0v) is 39.7. The Labute approximate surface area is 459 Å². The molecular formula is C51F27N9. The summed E-state index contributed by atoms with van der Waals surface area (Å²) >= 11 is 0. The third-order valence-electron chi connectivity index (χ3n) is 11.7. The zero-order valence-electron chi connectivity index (χ0n) is 39.7. The highest BCUT2D eigenvalue weighted by atomic mass is 19.2. The fourth-order valence-electron chi connectivity index (χ4n) is 7.89. The Morgan fingerprint density at radius 3 is 0.391 bits per heavy atom. The summed E-state index contributed by atoms with van der Waals surface area (Å²) in [5.74, 6) is -70.3. The van der Waals surface area contributed by atoms with Crippen LogP contribution in [0.25, 0.3) is 33.4 Å². The van der Waals surface area contributed by atoms with E-state index in [9.17, 15) is 150 Å². The summed E-state index contributed by atoms with van der Waals surface area (Å²) in [5.41, 5.74) is -31.6. The largest absolute Gasteiger partial charge is 0.252 e. The number of nitriles is 6. The number of nitrogens with zero attached hydrogens (tertiary/aromatic N) is 9. The maximum absolute atomic E-state index is 14.7. The summed E-state index contributed by atoms with van der Waals surface area (Å²) in [6.07, 6.45) is 0. The first-order valence-corrected chi connectivity index (χ1v) is 21.3. The van der Waals surface area contributed by atoms with Crippen LogP contribution in [0.4, 0.5) is 119 Å². The molecule has 0 amide bonds. The predicted molar refractivity (Wildman–Crippen MR) is 226 cm³/mol. The fourth-order valence-corrected chi connectivity index (χ4v) is 7.89. The van der Waals surface area contributed by atoms with Gasteiger partial charge in [0, 0.05) is 33.4 Å². The number of hydrogen-bond donors (Lipinski definition) is 0. The van der Waals surface area contributed by atoms with Crippen LogP contribution in [-0.2, 0) is 0 Å². The number of pyridine rings is 3. The van der Waals surface area contributed by atoms with Gasteiger partial charge in [0.15, 0.2) is 105 Å². The molecule has 0 bridgehead atoms. The van der Waals surface area contributed by atoms with Crippen LogP contribution in [0.2, 0.25) is 0 Å². The maximum Gasteiger partial charge on any atom is 0.252 e. The molecule has 0 saturated heterocycles. The molecule has 0 unspecified atom stereocenters. The molecule has 9 nitrogen and oxygen atoms in total. The monoisotopic (exact) mass is 1250 g/mol. The molecular weight excluding hydrogens is 1250 g/mol. The lowest BCUT2D eigenvalue weighted by Crippen LogP contribution is -2.07. The summed E-state index contributed by atoms with van der Waals surface area (Å²) in [4.78, 5) is 6.68. The van der Waals surface area contributed by atoms with Crippen molar-refractivity contribution in [3.8, 4) is 36.4 Å². The molecule has 2 fully saturated rings. The van der Waals surface area contributed by atoms with Crippen molar-refractivity contribution in [2.24, 2.45) is 0 Å². The van der Waals surface area contributed by atoms with Crippen LogP contribution >= 0.6 is 0 Å². The lowest BCUT2D eigenvalue weighted by molar-refractivity contribution is 0.376. The summed E-state index contributed by atoms with van der Waals surface area (Å²) in [7, 11) is 0. The van der Waals surface area contributed by atoms with Crippen LogP contribution in [0, 0.1) is 226 Å². The van der Waals surface area contributed by atoms with Crippen LogP contribution in [0.1, 0.15) is 33.4 Å². The number of allylic oxidation sites excluding steroid dienone is 12. The maximum atomic E-state index is 14.7. The first-order chi connectivity index (χ1) is 40.7. The molecule has 0 atom stereocenters. The Morgan fingerprint density at radius 1 is 0.172 bits per heavy atom. The van der Waals surface area contributed by atoms with Gasteiger partial charge in [0.2, 0.25) is 17.5 Å². The molecule has 3 heterocycles. The summed E-state index contributed by atoms with van der Waals surface area (Å²) in [5, 5.41) is 57.7. The quantitative estimate of drug-likeness (QED) is 0.0515. The van der Waals surface area contributed by atoms with Gasteiger partial charge in [0.1, 0.15) is 36.4 Å². The Kier molecular flexibility index (Phi) is 16.7. The van der Waals surface area contributed by atoms with Gasteiger partial charge < -0.3 is 0 Å². The lowest BCUT2D eigenvalue weighted by Gasteiger charge is -2.07. The van der Waals surface area contributed by atoms with E-state index in [4.69, 9.17) is 0 Å². The van der Waals surface area contributed by atoms with E-state index in [-0.39, 0.29) is 0 Å². The molecule has 2 saturated carbocycles. The van der Waals surface area contributed by atoms with Gasteiger partial charge in [-0.3, -0.25) is 0 Å². The average Bonchev–Trinajstić information content (AvgIpc) is 1.56. The highest BCUT2D eigenvalue weighted by Gasteiger charge is 2.48. The Bertz CT molecular complexity index is 4070. The Balaban J connectivity index is 0.000000249. The van der Waals surface area contributed by atoms with Gasteiger partial charge in [-0.1, -0.05) is 0 Å². The van der Waals surface area contributed by atoms with Crippen molar-refractivity contribution in [1.82, 2.24) is 15.0 Å². The topological polar surface area (TPSA) is 181 Å². The SMILES string of the molecule is N#CC(=C1C(=C(C#N)c2c(F)c(F)c(F)c(F)c2F)C1=C(C#N)c1c(F)c(F)c(F)c(F)c1F)c1c(F)c(F)c(F)c(F)c1F.N#CC(=C1C(=C(C#N)c2c(F)c(F)nc(F)c2F)C1=C(C#N)c1c(F)c(F)nc(F)c1F)c1c(F)c(F)nc(F)c1F. The molecule has 3 aromatic carbocycles. The van der Waals surface area contributed by atoms with Gasteiger partial charge in [-0.2, -0.15) is 72.9 Å². The van der Waals surface area contributed by atoms with Crippen LogP contribution in [-0.4, -0.2) is 15.0 Å². The average molecular weight is 1250 g/mol. The number of aromatic nitrogens is 3. The first-order valence-electron chi connectivity index (χ1n) is 21.3. The molecule has 0 aliphatic heterocycles. The van der Waals surface area contributed by atoms with E-state index >= 15 is 0 Å². The number of halogens is 27. The lowest BCUT2D eigenvalue weighted by atomic mass is 10.0. The van der Waals surface area contributed by atoms with E-state index in [0.29, 0.717) is 0 Å². The summed E-state index contributed by atoms with van der Waals surface area (Å²) in [6.45, 7) is 0. The van der Waals surface area contributed by atoms with Crippen LogP contribution < -0.4 is 0 Å². The zero-order chi connectivity index (χ0) is 65.3. The third kappa shape index (κ3) is 9.77. The van der Waals surface area contributed by atoms with E-state index < -0.39 is 258 Å². The first kappa shape index (κ1) is 63.2. The Hall–Kier alpha value is -11.4. The van der Waals surface area contributed by atoms with Crippen LogP contribution in [0.5, 0.6) is 0 Å². The van der Waals surface area contributed by atoms with Gasteiger partial charge in [-0.05, 0) is 0 Å². The minimum atomic E-state index is -2.81. The summed E-state index contributed by atoms with van der Waals surface area (Å²) < 4.78 is 383. The van der Waals surface area contributed by atoms with Crippen molar-refractivity contribution < 1.29 is 119 Å². The number of hydrogen-bond acceptors (Lipinski definition) is 9. The third-order valence-corrected chi connectivity index (χ3v) is 11.7. The molecule has 0 radical (unpaired) electrons. The van der Waals surface area contributed by atoms with Crippen molar-refractivity contribution in [1.29, 1.82) is 31.6 Å². The van der Waals surface area contributed by atoms with Crippen LogP contribution in [0.15, 0.2) is 33.4 Å². The molecule has 87 heavy (non-hydrogen) atoms. The molecule has 0 spiro atoms. The Morgan fingerprint density at radius 2 is 0.276 bits per heavy atom. The summed E-state index contributed by atoms with van der Waals surface area (Å²) in [6, 6.07) is 5.52.